The van der Waals surface area contributed by atoms with E-state index >= 15 is 0 Å². The summed E-state index contributed by atoms with van der Waals surface area (Å²) in [6, 6.07) is 47.3. The van der Waals surface area contributed by atoms with Crippen molar-refractivity contribution in [2.75, 3.05) is 7.11 Å². The lowest BCUT2D eigenvalue weighted by atomic mass is 9.61. The van der Waals surface area contributed by atoms with E-state index in [9.17, 15) is 9.59 Å². The van der Waals surface area contributed by atoms with E-state index in [0.29, 0.717) is 87.5 Å². The Balaban J connectivity index is 0.000000178. The fraction of sp³-hybridized carbons (Fsp3) is 0.580. The Hall–Kier alpha value is -9.28. The third kappa shape index (κ3) is 24.7. The number of hydrogen-bond donors (Lipinski definition) is 2. The third-order valence-electron chi connectivity index (χ3n) is 30.5. The number of aromatic amines is 1. The van der Waals surface area contributed by atoms with Crippen molar-refractivity contribution in [3.63, 3.8) is 0 Å². The number of carbonyl (C=O) groups excluding carboxylic acids is 1. The standard InChI is InChI=1S/C24H30N2.C20H28N2.C19H28O2.C18H26N4.C18H25N.C18H26O2.2CH4/c1-16(2)19-12-10-17-14-18(11-13-20(17)23(19)24(3,4)5)26-15-25-21-8-6-7-9-22(21)26;1-14(2)17-8-6-15-12-16(22-11-10-21-13-22)7-9-18(15)19(17)20(3,4)5;1-12(2)15-9-7-13-11-14(18(20)21-6)8-10-16(13)17(15)19(3,4)5;1-11(2)14-8-6-12-10-13(17-19-21-22-20-17)7-9-15(12)16(14)18(3,4)5;1-12(2)15-9-7-13-11-14(19-6)8-10-16(13)17(15)18(3,4)5;1-11(2)14-8-6-12-10-13(17(19)20)7-9-15(12)16(14)18(3,4)5;;/h6-9,11,13-16,19,23H,10,12H2,1-5H3;7,9-14,17,19H,6,8H2,1-5H3;8,10-12,15,17H,7,9H2,1-6H3;7,9-11,14,16H,6,8H2,1-5H3,(H,19,20,21,22);8,10-12,15,17H,7,9H2,1-5H3;7,9-11,14,16H,6,8H2,1-5H3,(H,19,20);2*1H4. The molecule has 12 atom stereocenters. The molecule has 0 saturated carbocycles. The number of nitrogens with one attached hydrogen (secondary N) is 1. The summed E-state index contributed by atoms with van der Waals surface area (Å²) in [6.45, 7) is 77.9. The summed E-state index contributed by atoms with van der Waals surface area (Å²) >= 11 is 0. The molecule has 13 nitrogen and oxygen atoms in total. The van der Waals surface area contributed by atoms with Crippen molar-refractivity contribution in [3.05, 3.63) is 248 Å². The number of rotatable bonds is 11. The van der Waals surface area contributed by atoms with Gasteiger partial charge in [-0.05, 0) is 349 Å². The highest BCUT2D eigenvalue weighted by molar-refractivity contribution is 5.90. The first-order valence-electron chi connectivity index (χ1n) is 49.5. The normalized spacial score (nSPS) is 21.6. The van der Waals surface area contributed by atoms with Gasteiger partial charge in [0.05, 0.1) is 42.2 Å². The summed E-state index contributed by atoms with van der Waals surface area (Å²) in [6.07, 6.45) is 21.9. The number of carboxylic acid groups (broad SMARTS) is 1. The van der Waals surface area contributed by atoms with Gasteiger partial charge in [0.2, 0.25) is 5.82 Å². The van der Waals surface area contributed by atoms with E-state index in [1.807, 2.05) is 55.4 Å². The average Bonchev–Trinajstić information content (AvgIpc) is 1.17. The van der Waals surface area contributed by atoms with E-state index in [0.717, 1.165) is 90.3 Å². The Kier molecular flexibility index (Phi) is 35.1. The van der Waals surface area contributed by atoms with Crippen LogP contribution in [-0.2, 0) is 43.3 Å². The molecule has 0 fully saturated rings. The van der Waals surface area contributed by atoms with Crippen LogP contribution >= 0.6 is 0 Å². The van der Waals surface area contributed by atoms with Gasteiger partial charge in [-0.3, -0.25) is 4.57 Å². The second-order valence-electron chi connectivity index (χ2n) is 47.8. The summed E-state index contributed by atoms with van der Waals surface area (Å²) in [7, 11) is 1.44. The largest absolute Gasteiger partial charge is 0.478 e. The molecule has 2 N–H and O–H groups in total. The summed E-state index contributed by atoms with van der Waals surface area (Å²) in [5, 5.41) is 23.5. The number of aryl methyl sites for hydroxylation is 6. The van der Waals surface area contributed by atoms with Gasteiger partial charge in [0.25, 0.3) is 0 Å². The molecule has 0 aliphatic heterocycles. The number of methoxy groups -OCH3 is 1. The maximum atomic E-state index is 11.7. The maximum absolute atomic E-state index is 11.7. The number of nitrogens with zero attached hydrogens (tertiary/aromatic N) is 8. The van der Waals surface area contributed by atoms with Crippen LogP contribution in [0.4, 0.5) is 5.69 Å². The smallest absolute Gasteiger partial charge is 0.337 e. The summed E-state index contributed by atoms with van der Waals surface area (Å²) in [5.74, 6) is 11.9. The van der Waals surface area contributed by atoms with E-state index in [4.69, 9.17) is 16.4 Å². The van der Waals surface area contributed by atoms with E-state index in [-0.39, 0.29) is 47.9 Å². The number of aromatic nitrogens is 8. The highest BCUT2D eigenvalue weighted by Gasteiger charge is 2.46. The molecule has 13 heteroatoms. The molecule has 7 aromatic carbocycles. The van der Waals surface area contributed by atoms with Gasteiger partial charge < -0.3 is 14.4 Å². The molecule has 0 bridgehead atoms. The van der Waals surface area contributed by atoms with Crippen molar-refractivity contribution in [1.29, 1.82) is 0 Å². The Bertz CT molecular complexity index is 5360. The van der Waals surface area contributed by atoms with Crippen molar-refractivity contribution in [2.45, 2.75) is 335 Å². The number of fused-ring (bicyclic) bond motifs is 7. The number of benzene rings is 7. The molecule has 10 aromatic rings. The van der Waals surface area contributed by atoms with Gasteiger partial charge in [-0.1, -0.05) is 295 Å². The van der Waals surface area contributed by atoms with Crippen molar-refractivity contribution in [1.82, 2.24) is 39.7 Å². The number of hydrogen-bond acceptors (Lipinski definition) is 8. The quantitative estimate of drug-likeness (QED) is 0.0950. The molecule has 0 amide bonds. The molecular weight excluding hydrogens is 1620 g/mol. The van der Waals surface area contributed by atoms with Gasteiger partial charge in [0, 0.05) is 29.3 Å². The van der Waals surface area contributed by atoms with Gasteiger partial charge in [0.1, 0.15) is 6.33 Å². The zero-order valence-electron chi connectivity index (χ0n) is 85.6. The minimum atomic E-state index is -0.828. The Morgan fingerprint density at radius 1 is 0.424 bits per heavy atom. The van der Waals surface area contributed by atoms with Crippen molar-refractivity contribution in [2.24, 2.45) is 104 Å². The highest BCUT2D eigenvalue weighted by Crippen LogP contribution is 2.57. The number of para-hydroxylation sites is 2. The number of carbonyl (C=O) groups is 2. The number of tetrazole rings is 1. The van der Waals surface area contributed by atoms with E-state index in [1.165, 1.54) is 125 Å². The van der Waals surface area contributed by atoms with E-state index < -0.39 is 5.97 Å². The van der Waals surface area contributed by atoms with Crippen LogP contribution in [-0.4, -0.2) is 63.9 Å². The zero-order chi connectivity index (χ0) is 95.4. The van der Waals surface area contributed by atoms with Crippen molar-refractivity contribution in [3.8, 4) is 22.8 Å². The number of ether oxygens (including phenoxy) is 1. The number of esters is 1. The third-order valence-corrected chi connectivity index (χ3v) is 30.5. The molecule has 6 aliphatic rings. The predicted molar refractivity (Wildman–Crippen MR) is 555 cm³/mol. The molecule has 3 heterocycles. The first-order valence-corrected chi connectivity index (χ1v) is 49.5. The van der Waals surface area contributed by atoms with Gasteiger partial charge >= 0.3 is 11.9 Å². The fourth-order valence-electron chi connectivity index (χ4n) is 24.7. The monoisotopic (exact) mass is 1790 g/mol. The first kappa shape index (κ1) is 106. The minimum Gasteiger partial charge on any atom is -0.478 e. The number of imidazole rings is 2. The Labute approximate surface area is 799 Å². The average molecular weight is 1790 g/mol. The highest BCUT2D eigenvalue weighted by atomic mass is 16.5. The molecule has 0 spiro atoms. The topological polar surface area (TPSA) is 158 Å². The van der Waals surface area contributed by atoms with Gasteiger partial charge in [-0.25, -0.2) is 24.4 Å². The number of H-pyrrole nitrogens is 1. The lowest BCUT2D eigenvalue weighted by Crippen LogP contribution is -2.33. The molecule has 16 rings (SSSR count). The second-order valence-corrected chi connectivity index (χ2v) is 47.8. The molecule has 0 radical (unpaired) electrons. The predicted octanol–water partition coefficient (Wildman–Crippen LogP) is 32.2. The number of aromatic carboxylic acids is 1. The molecule has 0 saturated heterocycles. The first-order chi connectivity index (χ1) is 60.9. The van der Waals surface area contributed by atoms with Crippen LogP contribution in [0.1, 0.15) is 384 Å². The molecule has 3 aromatic heterocycles. The van der Waals surface area contributed by atoms with Gasteiger partial charge in [-0.2, -0.15) is 5.21 Å². The van der Waals surface area contributed by atoms with Gasteiger partial charge in [-0.15, -0.1) is 10.2 Å². The lowest BCUT2D eigenvalue weighted by molar-refractivity contribution is 0.0599. The Morgan fingerprint density at radius 3 is 1.12 bits per heavy atom. The number of carboxylic acids is 1. The molecular formula is C119H171N9O4. The van der Waals surface area contributed by atoms with Crippen LogP contribution in [0.5, 0.6) is 0 Å². The summed E-state index contributed by atoms with van der Waals surface area (Å²) < 4.78 is 9.16. The second kappa shape index (κ2) is 43.6. The molecule has 132 heavy (non-hydrogen) atoms. The summed E-state index contributed by atoms with van der Waals surface area (Å²) in [4.78, 5) is 35.2. The fourth-order valence-corrected chi connectivity index (χ4v) is 24.7. The zero-order valence-corrected chi connectivity index (χ0v) is 85.6. The van der Waals surface area contributed by atoms with E-state index in [2.05, 4.69) is 349 Å². The van der Waals surface area contributed by atoms with Crippen molar-refractivity contribution < 1.29 is 19.4 Å². The summed E-state index contributed by atoms with van der Waals surface area (Å²) in [5.41, 5.74) is 26.6. The minimum absolute atomic E-state index is 0. The molecule has 6 aliphatic carbocycles. The Morgan fingerprint density at radius 2 is 0.765 bits per heavy atom. The van der Waals surface area contributed by atoms with Crippen LogP contribution in [0.25, 0.3) is 38.6 Å². The van der Waals surface area contributed by atoms with Crippen LogP contribution in [0.2, 0.25) is 0 Å². The SMILES string of the molecule is C.C.CC(C)C1CCc2cc(-c3nn[nH]n3)ccc2C1C(C)(C)C.CC(C)C1CCc2cc(-n3ccnc3)ccc2C1C(C)(C)C.CC(C)C1CCc2cc(-n3cnc4ccccc43)ccc2C1C(C)(C)C.CC(C)C1CCc2cc(C(=O)O)ccc2C1C(C)(C)C.COC(=O)c1ccc2c(c1)CCC(C(C)C)C2C(C)(C)C.[C-]#[N+]c1ccc2c(c1)CCC(C(C)C)C2C(C)(C)C. The van der Waals surface area contributed by atoms with Crippen LogP contribution in [0.15, 0.2) is 159 Å². The lowest BCUT2D eigenvalue weighted by Gasteiger charge is -2.44. The van der Waals surface area contributed by atoms with Crippen molar-refractivity contribution >= 4 is 28.7 Å². The van der Waals surface area contributed by atoms with Crippen LogP contribution in [0.3, 0.4) is 0 Å². The molecule has 12 unspecified atom stereocenters. The maximum Gasteiger partial charge on any atom is 0.337 e. The van der Waals surface area contributed by atoms with Gasteiger partial charge in [0.15, 0.2) is 5.69 Å². The van der Waals surface area contributed by atoms with E-state index in [1.54, 1.807) is 17.2 Å². The molecule has 716 valence electrons. The van der Waals surface area contributed by atoms with Crippen LogP contribution < -0.4 is 0 Å². The van der Waals surface area contributed by atoms with Crippen LogP contribution in [0, 0.1) is 110 Å².